The first-order chi connectivity index (χ1) is 9.45. The molecule has 0 aliphatic rings. The molecule has 0 aromatic carbocycles. The molecule has 0 saturated heterocycles. The van der Waals surface area contributed by atoms with Crippen molar-refractivity contribution in [3.63, 3.8) is 0 Å². The second-order valence-corrected chi connectivity index (χ2v) is 4.15. The van der Waals surface area contributed by atoms with E-state index in [1.807, 2.05) is 0 Å². The summed E-state index contributed by atoms with van der Waals surface area (Å²) in [6.45, 7) is -0.262. The first-order valence-electron chi connectivity index (χ1n) is 6.46. The number of aliphatic hydroxyl groups is 4. The standard InChI is InChI=1S/C12H22O8/c13-7-8-19-10(16)3-1-2-4-11(17)20-12(18)6-5-9(14)15/h9,12-15,18H,1-8H2. The topological polar surface area (TPSA) is 134 Å². The number of esters is 2. The Morgan fingerprint density at radius 3 is 2.10 bits per heavy atom. The van der Waals surface area contributed by atoms with Crippen molar-refractivity contribution in [1.29, 1.82) is 0 Å². The van der Waals surface area contributed by atoms with Crippen molar-refractivity contribution in [1.82, 2.24) is 0 Å². The lowest BCUT2D eigenvalue weighted by atomic mass is 10.2. The molecular weight excluding hydrogens is 272 g/mol. The molecule has 8 nitrogen and oxygen atoms in total. The minimum Gasteiger partial charge on any atom is -0.463 e. The summed E-state index contributed by atoms with van der Waals surface area (Å²) in [6, 6.07) is 0. The highest BCUT2D eigenvalue weighted by molar-refractivity contribution is 5.70. The van der Waals surface area contributed by atoms with Crippen LogP contribution in [-0.2, 0) is 19.1 Å². The number of hydrogen-bond donors (Lipinski definition) is 4. The lowest BCUT2D eigenvalue weighted by Gasteiger charge is -2.12. The average molecular weight is 294 g/mol. The van der Waals surface area contributed by atoms with Gasteiger partial charge in [-0.25, -0.2) is 0 Å². The molecule has 0 aliphatic heterocycles. The van der Waals surface area contributed by atoms with Crippen LogP contribution in [0.1, 0.15) is 38.5 Å². The summed E-state index contributed by atoms with van der Waals surface area (Å²) in [4.78, 5) is 22.3. The minimum atomic E-state index is -1.55. The van der Waals surface area contributed by atoms with Crippen LogP contribution in [0, 0.1) is 0 Å². The van der Waals surface area contributed by atoms with E-state index in [0.29, 0.717) is 12.8 Å². The van der Waals surface area contributed by atoms with E-state index in [1.165, 1.54) is 0 Å². The molecule has 0 aromatic rings. The third-order valence-electron chi connectivity index (χ3n) is 2.31. The highest BCUT2D eigenvalue weighted by Crippen LogP contribution is 2.06. The molecule has 0 saturated carbocycles. The summed E-state index contributed by atoms with van der Waals surface area (Å²) < 4.78 is 9.24. The van der Waals surface area contributed by atoms with Crippen molar-refractivity contribution in [2.24, 2.45) is 0 Å². The van der Waals surface area contributed by atoms with Crippen LogP contribution in [0.3, 0.4) is 0 Å². The quantitative estimate of drug-likeness (QED) is 0.217. The monoisotopic (exact) mass is 294 g/mol. The number of rotatable bonds is 11. The van der Waals surface area contributed by atoms with E-state index >= 15 is 0 Å². The fourth-order valence-corrected chi connectivity index (χ4v) is 1.33. The van der Waals surface area contributed by atoms with Gasteiger partial charge in [0.05, 0.1) is 6.61 Å². The molecule has 1 unspecified atom stereocenters. The molecule has 0 aromatic heterocycles. The highest BCUT2D eigenvalue weighted by Gasteiger charge is 2.12. The van der Waals surface area contributed by atoms with E-state index in [9.17, 15) is 14.7 Å². The average Bonchev–Trinajstić information content (AvgIpc) is 2.39. The molecule has 20 heavy (non-hydrogen) atoms. The van der Waals surface area contributed by atoms with E-state index in [2.05, 4.69) is 9.47 Å². The molecule has 0 aliphatic carbocycles. The lowest BCUT2D eigenvalue weighted by Crippen LogP contribution is -2.19. The number of hydrogen-bond acceptors (Lipinski definition) is 8. The van der Waals surface area contributed by atoms with Gasteiger partial charge in [0.25, 0.3) is 0 Å². The molecule has 0 rings (SSSR count). The highest BCUT2D eigenvalue weighted by atomic mass is 16.6. The van der Waals surface area contributed by atoms with Gasteiger partial charge in [-0.2, -0.15) is 0 Å². The van der Waals surface area contributed by atoms with Gasteiger partial charge >= 0.3 is 11.9 Å². The molecule has 1 atom stereocenters. The normalized spacial score (nSPS) is 12.2. The molecule has 0 fully saturated rings. The zero-order valence-corrected chi connectivity index (χ0v) is 11.2. The second kappa shape index (κ2) is 11.6. The molecule has 4 N–H and O–H groups in total. The molecule has 0 amide bonds. The summed E-state index contributed by atoms with van der Waals surface area (Å²) in [5.74, 6) is -1.06. The van der Waals surface area contributed by atoms with E-state index in [0.717, 1.165) is 0 Å². The fraction of sp³-hybridized carbons (Fsp3) is 0.833. The SMILES string of the molecule is O=C(CCCCC(=O)OC(O)CCC(O)O)OCCO. The minimum absolute atomic E-state index is 0.0379. The first-order valence-corrected chi connectivity index (χ1v) is 6.46. The van der Waals surface area contributed by atoms with Crippen LogP contribution in [0.5, 0.6) is 0 Å². The van der Waals surface area contributed by atoms with Gasteiger partial charge in [0.2, 0.25) is 6.29 Å². The van der Waals surface area contributed by atoms with Crippen LogP contribution in [0.4, 0.5) is 0 Å². The third kappa shape index (κ3) is 11.8. The van der Waals surface area contributed by atoms with Crippen molar-refractivity contribution in [3.8, 4) is 0 Å². The summed E-state index contributed by atoms with van der Waals surface area (Å²) in [7, 11) is 0. The van der Waals surface area contributed by atoms with Gasteiger partial charge in [-0.05, 0) is 12.8 Å². The molecule has 118 valence electrons. The Kier molecular flexibility index (Phi) is 10.9. The maximum Gasteiger partial charge on any atom is 0.308 e. The van der Waals surface area contributed by atoms with E-state index in [-0.39, 0.29) is 38.9 Å². The smallest absolute Gasteiger partial charge is 0.308 e. The second-order valence-electron chi connectivity index (χ2n) is 4.15. The van der Waals surface area contributed by atoms with Crippen molar-refractivity contribution in [3.05, 3.63) is 0 Å². The number of ether oxygens (including phenoxy) is 2. The Bertz CT molecular complexity index is 279. The number of carbonyl (C=O) groups is 2. The van der Waals surface area contributed by atoms with Gasteiger partial charge in [-0.15, -0.1) is 0 Å². The largest absolute Gasteiger partial charge is 0.463 e. The summed E-state index contributed by atoms with van der Waals surface area (Å²) >= 11 is 0. The molecule has 0 spiro atoms. The van der Waals surface area contributed by atoms with Gasteiger partial charge in [-0.3, -0.25) is 9.59 Å². The first kappa shape index (κ1) is 18.8. The predicted molar refractivity (Wildman–Crippen MR) is 66.1 cm³/mol. The van der Waals surface area contributed by atoms with Crippen molar-refractivity contribution >= 4 is 11.9 Å². The summed E-state index contributed by atoms with van der Waals surface area (Å²) in [6.07, 6.45) is -2.03. The Balaban J connectivity index is 3.55. The fourth-order valence-electron chi connectivity index (χ4n) is 1.33. The lowest BCUT2D eigenvalue weighted by molar-refractivity contribution is -0.172. The number of aliphatic hydroxyl groups excluding tert-OH is 3. The Labute approximate surface area is 116 Å². The molecule has 0 heterocycles. The van der Waals surface area contributed by atoms with Gasteiger partial charge in [-0.1, -0.05) is 0 Å². The molecule has 8 heteroatoms. The van der Waals surface area contributed by atoms with E-state index < -0.39 is 24.5 Å². The predicted octanol–water partition coefficient (Wildman–Crippen LogP) is -0.965. The number of unbranched alkanes of at least 4 members (excludes halogenated alkanes) is 1. The Morgan fingerprint density at radius 2 is 1.55 bits per heavy atom. The van der Waals surface area contributed by atoms with Crippen molar-refractivity contribution in [2.45, 2.75) is 51.1 Å². The van der Waals surface area contributed by atoms with E-state index in [4.69, 9.17) is 15.3 Å². The van der Waals surface area contributed by atoms with E-state index in [1.54, 1.807) is 0 Å². The van der Waals surface area contributed by atoms with Crippen LogP contribution in [-0.4, -0.2) is 58.2 Å². The molecule has 0 bridgehead atoms. The Hall–Kier alpha value is -1.22. The van der Waals surface area contributed by atoms with Crippen LogP contribution < -0.4 is 0 Å². The summed E-state index contributed by atoms with van der Waals surface area (Å²) in [5, 5.41) is 34.8. The summed E-state index contributed by atoms with van der Waals surface area (Å²) in [5.41, 5.74) is 0. The Morgan fingerprint density at radius 1 is 0.950 bits per heavy atom. The zero-order valence-electron chi connectivity index (χ0n) is 11.2. The van der Waals surface area contributed by atoms with Crippen LogP contribution in [0.15, 0.2) is 0 Å². The van der Waals surface area contributed by atoms with Crippen LogP contribution in [0.2, 0.25) is 0 Å². The number of carbonyl (C=O) groups excluding carboxylic acids is 2. The van der Waals surface area contributed by atoms with Gasteiger partial charge in [0.15, 0.2) is 6.29 Å². The van der Waals surface area contributed by atoms with Gasteiger partial charge < -0.3 is 29.9 Å². The van der Waals surface area contributed by atoms with Crippen molar-refractivity contribution in [2.75, 3.05) is 13.2 Å². The molecule has 0 radical (unpaired) electrons. The van der Waals surface area contributed by atoms with Crippen LogP contribution >= 0.6 is 0 Å². The maximum absolute atomic E-state index is 11.3. The maximum atomic E-state index is 11.3. The molecular formula is C12H22O8. The van der Waals surface area contributed by atoms with Crippen molar-refractivity contribution < 1.29 is 39.5 Å². The zero-order chi connectivity index (χ0) is 15.4. The third-order valence-corrected chi connectivity index (χ3v) is 2.31. The van der Waals surface area contributed by atoms with Gasteiger partial charge in [0.1, 0.15) is 6.61 Å². The van der Waals surface area contributed by atoms with Gasteiger partial charge in [0, 0.05) is 25.7 Å². The van der Waals surface area contributed by atoms with Crippen LogP contribution in [0.25, 0.3) is 0 Å².